The summed E-state index contributed by atoms with van der Waals surface area (Å²) in [6.07, 6.45) is -4.12. The highest BCUT2D eigenvalue weighted by molar-refractivity contribution is 5.01. The molecule has 32 heavy (non-hydrogen) atoms. The summed E-state index contributed by atoms with van der Waals surface area (Å²) in [5.74, 6) is 0. The highest BCUT2D eigenvalue weighted by Crippen LogP contribution is 2.31. The number of aliphatic hydroxyl groups is 3. The van der Waals surface area contributed by atoms with Crippen LogP contribution in [0.4, 0.5) is 0 Å². The molecule has 0 aromatic heterocycles. The van der Waals surface area contributed by atoms with Crippen molar-refractivity contribution >= 4 is 0 Å². The van der Waals surface area contributed by atoms with Gasteiger partial charge in [0.2, 0.25) is 0 Å². The molecule has 12 atom stereocenters. The molecule has 2 heterocycles. The van der Waals surface area contributed by atoms with E-state index in [4.69, 9.17) is 36.1 Å². The van der Waals surface area contributed by atoms with Gasteiger partial charge in [-0.1, -0.05) is 0 Å². The van der Waals surface area contributed by atoms with Gasteiger partial charge in [-0.15, -0.1) is 0 Å². The number of nitrogens with two attached hydrogens (primary N) is 3. The molecular formula is C20H41N5O7. The Kier molecular flexibility index (Phi) is 8.86. The zero-order chi connectivity index (χ0) is 23.6. The third-order valence-corrected chi connectivity index (χ3v) is 6.72. The Morgan fingerprint density at radius 1 is 0.969 bits per heavy atom. The number of hydrogen-bond donors (Lipinski definition) is 8. The minimum atomic E-state index is -1.28. The van der Waals surface area contributed by atoms with Crippen LogP contribution in [0.1, 0.15) is 26.2 Å². The quantitative estimate of drug-likeness (QED) is 0.184. The predicted molar refractivity (Wildman–Crippen MR) is 115 cm³/mol. The van der Waals surface area contributed by atoms with Crippen LogP contribution in [0.2, 0.25) is 0 Å². The molecule has 188 valence electrons. The van der Waals surface area contributed by atoms with E-state index in [0.717, 1.165) is 12.8 Å². The van der Waals surface area contributed by atoms with Gasteiger partial charge < -0.3 is 62.1 Å². The standard InChI is InChI=1S/C20H41N5O7/c1-20(28)8-29-19(14(27)17(20)25-3)32-16-12(23)6-11(22)15(13(16)26)31-18-10(21)5-4-9(30-18)7-24-2/h9-19,24-28H,4-8,21-23H2,1-3H3/t9-,10-,11+,12-,13+,14-,15+,16-,17+,18-,19-,20-/m0/s1. The summed E-state index contributed by atoms with van der Waals surface area (Å²) in [5.41, 5.74) is 17.4. The van der Waals surface area contributed by atoms with E-state index < -0.39 is 60.7 Å². The predicted octanol–water partition coefficient (Wildman–Crippen LogP) is -3.72. The molecule has 3 aliphatic rings. The zero-order valence-corrected chi connectivity index (χ0v) is 19.1. The number of ether oxygens (including phenoxy) is 4. The van der Waals surface area contributed by atoms with Crippen molar-refractivity contribution in [3.05, 3.63) is 0 Å². The van der Waals surface area contributed by atoms with Gasteiger partial charge >= 0.3 is 0 Å². The summed E-state index contributed by atoms with van der Waals surface area (Å²) in [6.45, 7) is 2.16. The molecule has 11 N–H and O–H groups in total. The Labute approximate surface area is 189 Å². The van der Waals surface area contributed by atoms with Gasteiger partial charge in [0.1, 0.15) is 30.0 Å². The van der Waals surface area contributed by atoms with E-state index in [-0.39, 0.29) is 18.8 Å². The van der Waals surface area contributed by atoms with E-state index in [1.807, 2.05) is 7.05 Å². The second-order valence-corrected chi connectivity index (χ2v) is 9.47. The van der Waals surface area contributed by atoms with Crippen LogP contribution in [-0.2, 0) is 18.9 Å². The molecule has 0 aromatic carbocycles. The minimum Gasteiger partial charge on any atom is -0.388 e. The monoisotopic (exact) mass is 463 g/mol. The first-order chi connectivity index (χ1) is 15.1. The van der Waals surface area contributed by atoms with Crippen LogP contribution in [0.25, 0.3) is 0 Å². The lowest BCUT2D eigenvalue weighted by Gasteiger charge is -2.48. The van der Waals surface area contributed by atoms with Crippen LogP contribution in [0.15, 0.2) is 0 Å². The summed E-state index contributed by atoms with van der Waals surface area (Å²) < 4.78 is 23.5. The number of aliphatic hydroxyl groups excluding tert-OH is 2. The fourth-order valence-corrected chi connectivity index (χ4v) is 4.90. The van der Waals surface area contributed by atoms with Crippen LogP contribution in [0, 0.1) is 0 Å². The van der Waals surface area contributed by atoms with E-state index in [0.29, 0.717) is 13.0 Å². The van der Waals surface area contributed by atoms with E-state index in [9.17, 15) is 15.3 Å². The highest BCUT2D eigenvalue weighted by Gasteiger charge is 2.50. The van der Waals surface area contributed by atoms with Gasteiger partial charge in [0.05, 0.1) is 24.8 Å². The van der Waals surface area contributed by atoms with Crippen molar-refractivity contribution < 1.29 is 34.3 Å². The molecule has 0 aromatic rings. The molecule has 0 spiro atoms. The average molecular weight is 464 g/mol. The lowest BCUT2D eigenvalue weighted by atomic mass is 9.84. The van der Waals surface area contributed by atoms with Crippen LogP contribution in [0.3, 0.4) is 0 Å². The van der Waals surface area contributed by atoms with Gasteiger partial charge in [0, 0.05) is 18.6 Å². The van der Waals surface area contributed by atoms with Gasteiger partial charge in [-0.25, -0.2) is 0 Å². The van der Waals surface area contributed by atoms with Crippen LogP contribution in [0.5, 0.6) is 0 Å². The minimum absolute atomic E-state index is 0.0480. The molecule has 0 radical (unpaired) electrons. The Hall–Kier alpha value is -0.480. The maximum atomic E-state index is 11.1. The first-order valence-corrected chi connectivity index (χ1v) is 11.3. The number of nitrogens with one attached hydrogen (secondary N) is 2. The first kappa shape index (κ1) is 26.1. The topological polar surface area (TPSA) is 200 Å². The fraction of sp³-hybridized carbons (Fsp3) is 1.00. The van der Waals surface area contributed by atoms with Gasteiger partial charge in [-0.2, -0.15) is 0 Å². The van der Waals surface area contributed by atoms with E-state index in [2.05, 4.69) is 10.6 Å². The van der Waals surface area contributed by atoms with Gasteiger partial charge in [-0.05, 0) is 40.3 Å². The molecule has 2 aliphatic heterocycles. The molecule has 3 fully saturated rings. The van der Waals surface area contributed by atoms with Crippen molar-refractivity contribution in [3.8, 4) is 0 Å². The third-order valence-electron chi connectivity index (χ3n) is 6.72. The summed E-state index contributed by atoms with van der Waals surface area (Å²) in [4.78, 5) is 0. The van der Waals surface area contributed by atoms with Crippen molar-refractivity contribution in [1.82, 2.24) is 10.6 Å². The Morgan fingerprint density at radius 3 is 2.19 bits per heavy atom. The van der Waals surface area contributed by atoms with E-state index in [1.54, 1.807) is 14.0 Å². The second-order valence-electron chi connectivity index (χ2n) is 9.47. The summed E-state index contributed by atoms with van der Waals surface area (Å²) in [6, 6.07) is -2.20. The average Bonchev–Trinajstić information content (AvgIpc) is 2.72. The molecule has 0 amide bonds. The molecule has 12 heteroatoms. The molecule has 0 bridgehead atoms. The lowest BCUT2D eigenvalue weighted by molar-refractivity contribution is -0.306. The molecule has 1 aliphatic carbocycles. The van der Waals surface area contributed by atoms with E-state index >= 15 is 0 Å². The van der Waals surface area contributed by atoms with Crippen LogP contribution < -0.4 is 27.8 Å². The first-order valence-electron chi connectivity index (χ1n) is 11.3. The highest BCUT2D eigenvalue weighted by atomic mass is 16.7. The smallest absolute Gasteiger partial charge is 0.185 e. The molecule has 3 rings (SSSR count). The van der Waals surface area contributed by atoms with Crippen molar-refractivity contribution in [3.63, 3.8) is 0 Å². The van der Waals surface area contributed by atoms with Crippen LogP contribution >= 0.6 is 0 Å². The molecular weight excluding hydrogens is 422 g/mol. The fourth-order valence-electron chi connectivity index (χ4n) is 4.90. The normalized spacial score (nSPS) is 50.3. The maximum absolute atomic E-state index is 11.1. The molecule has 0 unspecified atom stereocenters. The van der Waals surface area contributed by atoms with Crippen molar-refractivity contribution in [2.45, 2.75) is 99.1 Å². The number of rotatable bonds is 7. The molecule has 1 saturated carbocycles. The van der Waals surface area contributed by atoms with Gasteiger partial charge in [0.15, 0.2) is 12.6 Å². The Bertz CT molecular complexity index is 603. The number of likely N-dealkylation sites (N-methyl/N-ethyl adjacent to an activating group) is 2. The van der Waals surface area contributed by atoms with Crippen molar-refractivity contribution in [2.24, 2.45) is 17.2 Å². The van der Waals surface area contributed by atoms with Gasteiger partial charge in [-0.3, -0.25) is 0 Å². The third kappa shape index (κ3) is 5.59. The number of hydrogen-bond acceptors (Lipinski definition) is 12. The van der Waals surface area contributed by atoms with Gasteiger partial charge in [0.25, 0.3) is 0 Å². The second kappa shape index (κ2) is 10.8. The Balaban J connectivity index is 1.67. The lowest BCUT2D eigenvalue weighted by Crippen LogP contribution is -2.68. The van der Waals surface area contributed by atoms with Crippen LogP contribution in [-0.4, -0.2) is 115 Å². The van der Waals surface area contributed by atoms with Crippen molar-refractivity contribution in [1.29, 1.82) is 0 Å². The summed E-state index contributed by atoms with van der Waals surface area (Å²) in [7, 11) is 3.47. The zero-order valence-electron chi connectivity index (χ0n) is 19.1. The Morgan fingerprint density at radius 2 is 1.59 bits per heavy atom. The maximum Gasteiger partial charge on any atom is 0.185 e. The molecule has 2 saturated heterocycles. The van der Waals surface area contributed by atoms with Crippen molar-refractivity contribution in [2.75, 3.05) is 27.2 Å². The summed E-state index contributed by atoms with van der Waals surface area (Å²) in [5, 5.41) is 38.1. The van der Waals surface area contributed by atoms with E-state index in [1.165, 1.54) is 0 Å². The molecule has 12 nitrogen and oxygen atoms in total. The SMILES string of the molecule is CNC[C@@H]1CC[C@H](N)[C@H](O[C@H]2[C@@H](O)[C@@H](O[C@@H]3OC[C@](C)(O)[C@H](NC)[C@@H]3O)[C@@H](N)C[C@H]2N)O1. The summed E-state index contributed by atoms with van der Waals surface area (Å²) >= 11 is 0. The largest absolute Gasteiger partial charge is 0.388 e.